The van der Waals surface area contributed by atoms with E-state index in [0.29, 0.717) is 6.61 Å². The Morgan fingerprint density at radius 1 is 1.39 bits per heavy atom. The molecule has 0 bridgehead atoms. The molecule has 18 heavy (non-hydrogen) atoms. The highest BCUT2D eigenvalue weighted by Crippen LogP contribution is 2.36. The number of hydrogen-bond donors (Lipinski definition) is 1. The van der Waals surface area contributed by atoms with E-state index in [1.54, 1.807) is 0 Å². The second kappa shape index (κ2) is 5.74. The van der Waals surface area contributed by atoms with E-state index < -0.39 is 5.54 Å². The SMILES string of the molecule is CCOC(=O)C1(Nc2ccccc2Br)CCCC1. The van der Waals surface area contributed by atoms with Gasteiger partial charge < -0.3 is 10.1 Å². The number of hydrogen-bond acceptors (Lipinski definition) is 3. The minimum Gasteiger partial charge on any atom is -0.464 e. The van der Waals surface area contributed by atoms with Gasteiger partial charge >= 0.3 is 5.97 Å². The van der Waals surface area contributed by atoms with E-state index in [0.717, 1.165) is 35.8 Å². The van der Waals surface area contributed by atoms with E-state index in [2.05, 4.69) is 21.2 Å². The molecule has 0 radical (unpaired) electrons. The molecule has 1 aromatic carbocycles. The highest BCUT2D eigenvalue weighted by molar-refractivity contribution is 9.10. The number of rotatable bonds is 4. The van der Waals surface area contributed by atoms with E-state index in [4.69, 9.17) is 4.74 Å². The van der Waals surface area contributed by atoms with Gasteiger partial charge in [-0.05, 0) is 47.8 Å². The lowest BCUT2D eigenvalue weighted by Gasteiger charge is -2.29. The monoisotopic (exact) mass is 311 g/mol. The lowest BCUT2D eigenvalue weighted by Crippen LogP contribution is -2.45. The minimum atomic E-state index is -0.542. The van der Waals surface area contributed by atoms with Crippen LogP contribution in [0, 0.1) is 0 Å². The van der Waals surface area contributed by atoms with Crippen LogP contribution in [-0.4, -0.2) is 18.1 Å². The van der Waals surface area contributed by atoms with Crippen molar-refractivity contribution in [3.8, 4) is 0 Å². The summed E-state index contributed by atoms with van der Waals surface area (Å²) in [5.41, 5.74) is 0.410. The van der Waals surface area contributed by atoms with Crippen molar-refractivity contribution in [1.29, 1.82) is 0 Å². The summed E-state index contributed by atoms with van der Waals surface area (Å²) in [6, 6.07) is 7.86. The van der Waals surface area contributed by atoms with Crippen molar-refractivity contribution < 1.29 is 9.53 Å². The Morgan fingerprint density at radius 2 is 2.06 bits per heavy atom. The average molecular weight is 312 g/mol. The van der Waals surface area contributed by atoms with Gasteiger partial charge in [0, 0.05) is 10.2 Å². The molecule has 0 saturated heterocycles. The number of benzene rings is 1. The molecule has 4 heteroatoms. The van der Waals surface area contributed by atoms with Gasteiger partial charge in [-0.3, -0.25) is 0 Å². The molecule has 1 N–H and O–H groups in total. The number of nitrogens with one attached hydrogen (secondary N) is 1. The zero-order chi connectivity index (χ0) is 13.0. The standard InChI is InChI=1S/C14H18BrNO2/c1-2-18-13(17)14(9-5-6-10-14)16-12-8-4-3-7-11(12)15/h3-4,7-8,16H,2,5-6,9-10H2,1H3. The molecular weight excluding hydrogens is 294 g/mol. The summed E-state index contributed by atoms with van der Waals surface area (Å²) >= 11 is 3.50. The molecular formula is C14H18BrNO2. The smallest absolute Gasteiger partial charge is 0.331 e. The van der Waals surface area contributed by atoms with Crippen LogP contribution in [0.15, 0.2) is 28.7 Å². The van der Waals surface area contributed by atoms with Crippen molar-refractivity contribution in [2.45, 2.75) is 38.1 Å². The fraction of sp³-hybridized carbons (Fsp3) is 0.500. The van der Waals surface area contributed by atoms with Crippen molar-refractivity contribution in [3.63, 3.8) is 0 Å². The number of ether oxygens (including phenoxy) is 1. The summed E-state index contributed by atoms with van der Waals surface area (Å²) in [4.78, 5) is 12.2. The first-order valence-corrected chi connectivity index (χ1v) is 7.17. The van der Waals surface area contributed by atoms with Gasteiger partial charge in [-0.25, -0.2) is 4.79 Å². The molecule has 98 valence electrons. The first kappa shape index (κ1) is 13.4. The highest BCUT2D eigenvalue weighted by Gasteiger charge is 2.42. The van der Waals surface area contributed by atoms with Crippen LogP contribution in [0.5, 0.6) is 0 Å². The molecule has 1 aromatic rings. The molecule has 1 saturated carbocycles. The Morgan fingerprint density at radius 3 is 2.67 bits per heavy atom. The summed E-state index contributed by atoms with van der Waals surface area (Å²) in [7, 11) is 0. The molecule has 1 aliphatic rings. The van der Waals surface area contributed by atoms with E-state index in [1.165, 1.54) is 0 Å². The summed E-state index contributed by atoms with van der Waals surface area (Å²) in [6.07, 6.45) is 3.81. The third-order valence-corrected chi connectivity index (χ3v) is 4.06. The summed E-state index contributed by atoms with van der Waals surface area (Å²) in [5.74, 6) is -0.127. The van der Waals surface area contributed by atoms with Gasteiger partial charge in [0.1, 0.15) is 5.54 Å². The van der Waals surface area contributed by atoms with Crippen LogP contribution in [0.1, 0.15) is 32.6 Å². The zero-order valence-electron chi connectivity index (χ0n) is 10.5. The maximum atomic E-state index is 12.2. The molecule has 2 rings (SSSR count). The molecule has 0 aliphatic heterocycles. The maximum absolute atomic E-state index is 12.2. The normalized spacial score (nSPS) is 17.4. The topological polar surface area (TPSA) is 38.3 Å². The quantitative estimate of drug-likeness (QED) is 0.861. The molecule has 0 spiro atoms. The zero-order valence-corrected chi connectivity index (χ0v) is 12.1. The molecule has 0 atom stereocenters. The molecule has 0 aromatic heterocycles. The van der Waals surface area contributed by atoms with Crippen LogP contribution < -0.4 is 5.32 Å². The van der Waals surface area contributed by atoms with Gasteiger partial charge in [0.05, 0.1) is 6.61 Å². The van der Waals surface area contributed by atoms with Gasteiger partial charge in [0.15, 0.2) is 0 Å². The van der Waals surface area contributed by atoms with Crippen LogP contribution in [-0.2, 0) is 9.53 Å². The second-order valence-corrected chi connectivity index (χ2v) is 5.47. The number of anilines is 1. The van der Waals surface area contributed by atoms with Crippen molar-refractivity contribution in [2.24, 2.45) is 0 Å². The van der Waals surface area contributed by atoms with Crippen molar-refractivity contribution in [2.75, 3.05) is 11.9 Å². The largest absolute Gasteiger partial charge is 0.464 e. The Kier molecular flexibility index (Phi) is 4.27. The first-order chi connectivity index (χ1) is 8.68. The average Bonchev–Trinajstić information content (AvgIpc) is 2.82. The second-order valence-electron chi connectivity index (χ2n) is 4.61. The predicted molar refractivity (Wildman–Crippen MR) is 75.6 cm³/mol. The highest BCUT2D eigenvalue weighted by atomic mass is 79.9. The number of halogens is 1. The predicted octanol–water partition coefficient (Wildman–Crippen LogP) is 3.74. The maximum Gasteiger partial charge on any atom is 0.331 e. The van der Waals surface area contributed by atoms with Gasteiger partial charge in [0.2, 0.25) is 0 Å². The Labute approximate surface area is 116 Å². The van der Waals surface area contributed by atoms with Crippen LogP contribution in [0.4, 0.5) is 5.69 Å². The number of carbonyl (C=O) groups is 1. The van der Waals surface area contributed by atoms with Crippen LogP contribution in [0.2, 0.25) is 0 Å². The van der Waals surface area contributed by atoms with Crippen molar-refractivity contribution in [3.05, 3.63) is 28.7 Å². The Hall–Kier alpha value is -1.03. The van der Waals surface area contributed by atoms with Crippen molar-refractivity contribution in [1.82, 2.24) is 0 Å². The third kappa shape index (κ3) is 2.69. The number of para-hydroxylation sites is 1. The first-order valence-electron chi connectivity index (χ1n) is 6.38. The lowest BCUT2D eigenvalue weighted by molar-refractivity contribution is -0.148. The van der Waals surface area contributed by atoms with E-state index >= 15 is 0 Å². The molecule has 0 unspecified atom stereocenters. The third-order valence-electron chi connectivity index (χ3n) is 3.37. The summed E-state index contributed by atoms with van der Waals surface area (Å²) < 4.78 is 6.20. The lowest BCUT2D eigenvalue weighted by atomic mass is 9.97. The van der Waals surface area contributed by atoms with Crippen LogP contribution >= 0.6 is 15.9 Å². The van der Waals surface area contributed by atoms with E-state index in [1.807, 2.05) is 31.2 Å². The fourth-order valence-electron chi connectivity index (χ4n) is 2.45. The molecule has 1 aliphatic carbocycles. The van der Waals surface area contributed by atoms with Crippen LogP contribution in [0.25, 0.3) is 0 Å². The number of carbonyl (C=O) groups excluding carboxylic acids is 1. The fourth-order valence-corrected chi connectivity index (χ4v) is 2.83. The Bertz CT molecular complexity index is 428. The number of esters is 1. The van der Waals surface area contributed by atoms with Crippen LogP contribution in [0.3, 0.4) is 0 Å². The van der Waals surface area contributed by atoms with E-state index in [9.17, 15) is 4.79 Å². The Balaban J connectivity index is 2.21. The van der Waals surface area contributed by atoms with Gasteiger partial charge in [-0.2, -0.15) is 0 Å². The molecule has 0 heterocycles. The van der Waals surface area contributed by atoms with Gasteiger partial charge in [-0.1, -0.05) is 25.0 Å². The van der Waals surface area contributed by atoms with E-state index in [-0.39, 0.29) is 5.97 Å². The van der Waals surface area contributed by atoms with Crippen molar-refractivity contribution >= 4 is 27.6 Å². The minimum absolute atomic E-state index is 0.127. The van der Waals surface area contributed by atoms with Gasteiger partial charge in [0.25, 0.3) is 0 Å². The summed E-state index contributed by atoms with van der Waals surface area (Å²) in [5, 5.41) is 3.39. The molecule has 1 fully saturated rings. The van der Waals surface area contributed by atoms with Gasteiger partial charge in [-0.15, -0.1) is 0 Å². The summed E-state index contributed by atoms with van der Waals surface area (Å²) in [6.45, 7) is 2.28. The molecule has 3 nitrogen and oxygen atoms in total. The molecule has 0 amide bonds.